The van der Waals surface area contributed by atoms with Crippen LogP contribution in [-0.4, -0.2) is 48.0 Å². The van der Waals surface area contributed by atoms with E-state index >= 15 is 0 Å². The second-order valence-electron chi connectivity index (χ2n) is 11.4. The molecule has 1 aromatic heterocycles. The number of esters is 1. The first-order valence-corrected chi connectivity index (χ1v) is 14.6. The molecule has 0 saturated heterocycles. The van der Waals surface area contributed by atoms with E-state index in [2.05, 4.69) is 22.5 Å². The van der Waals surface area contributed by atoms with Gasteiger partial charge in [-0.15, -0.1) is 0 Å². The van der Waals surface area contributed by atoms with Crippen LogP contribution < -0.4 is 20.1 Å². The third-order valence-corrected chi connectivity index (χ3v) is 9.71. The predicted molar refractivity (Wildman–Crippen MR) is 145 cm³/mol. The summed E-state index contributed by atoms with van der Waals surface area (Å²) in [4.78, 5) is 42.4. The number of amides is 2. The Kier molecular flexibility index (Phi) is 7.14. The number of rotatable bonds is 9. The fourth-order valence-corrected chi connectivity index (χ4v) is 8.10. The molecule has 2 N–H and O–H groups in total. The highest BCUT2D eigenvalue weighted by molar-refractivity contribution is 8.00. The first-order valence-electron chi connectivity index (χ1n) is 13.6. The highest BCUT2D eigenvalue weighted by Gasteiger charge is 2.53. The van der Waals surface area contributed by atoms with Gasteiger partial charge in [0.1, 0.15) is 5.03 Å². The van der Waals surface area contributed by atoms with Crippen LogP contribution in [0.5, 0.6) is 11.5 Å². The van der Waals surface area contributed by atoms with Gasteiger partial charge in [0, 0.05) is 24.0 Å². The Morgan fingerprint density at radius 1 is 1.05 bits per heavy atom. The molecule has 2 aromatic rings. The summed E-state index contributed by atoms with van der Waals surface area (Å²) in [5.41, 5.74) is 0.988. The zero-order chi connectivity index (χ0) is 27.0. The van der Waals surface area contributed by atoms with E-state index in [0.29, 0.717) is 22.2 Å². The predicted octanol–water partition coefficient (Wildman–Crippen LogP) is 4.42. The molecule has 206 valence electrons. The molecule has 4 saturated carbocycles. The van der Waals surface area contributed by atoms with E-state index in [1.165, 1.54) is 38.5 Å². The van der Waals surface area contributed by atoms with E-state index in [0.717, 1.165) is 29.5 Å². The molecule has 0 unspecified atom stereocenters. The molecule has 1 atom stereocenters. The minimum atomic E-state index is -0.639. The first-order chi connectivity index (χ1) is 18.9. The number of nitrogens with one attached hydrogen (secondary N) is 2. The van der Waals surface area contributed by atoms with Crippen LogP contribution in [0.25, 0.3) is 0 Å². The van der Waals surface area contributed by atoms with E-state index in [1.807, 2.05) is 0 Å². The van der Waals surface area contributed by atoms with Crippen molar-refractivity contribution in [2.45, 2.75) is 56.5 Å². The standard InChI is InChI=1S/C29H33N3O6S/c1-17(29-11-18-7-19(12-29)9-20(8-18)13-29)31-25(33)14-36-28(35)22-3-2-6-30-27(22)39-15-26(34)32-21-4-5-23-24(10-21)38-16-37-23/h2-6,10,17-20H,7-9,11-16H2,1H3,(H,31,33)(H,32,34)/t17-,18?,19?,20?,29?/m1/s1. The van der Waals surface area contributed by atoms with Gasteiger partial charge in [-0.25, -0.2) is 9.78 Å². The van der Waals surface area contributed by atoms with Crippen molar-refractivity contribution in [3.63, 3.8) is 0 Å². The maximum Gasteiger partial charge on any atom is 0.341 e. The van der Waals surface area contributed by atoms with E-state index in [-0.39, 0.29) is 48.0 Å². The molecule has 0 radical (unpaired) electrons. The lowest BCUT2D eigenvalue weighted by atomic mass is 9.48. The van der Waals surface area contributed by atoms with E-state index in [9.17, 15) is 14.4 Å². The number of hydrogen-bond acceptors (Lipinski definition) is 8. The van der Waals surface area contributed by atoms with Gasteiger partial charge >= 0.3 is 5.97 Å². The molecule has 9 nitrogen and oxygen atoms in total. The van der Waals surface area contributed by atoms with E-state index < -0.39 is 5.97 Å². The third kappa shape index (κ3) is 5.57. The Bertz CT molecular complexity index is 1250. The molecule has 10 heteroatoms. The van der Waals surface area contributed by atoms with Crippen molar-refractivity contribution < 1.29 is 28.6 Å². The number of anilines is 1. The summed E-state index contributed by atoms with van der Waals surface area (Å²) in [5.74, 6) is 2.46. The maximum atomic E-state index is 12.8. The number of ether oxygens (including phenoxy) is 3. The fraction of sp³-hybridized carbons (Fsp3) is 0.517. The van der Waals surface area contributed by atoms with Gasteiger partial charge in [0.05, 0.1) is 11.3 Å². The van der Waals surface area contributed by atoms with Gasteiger partial charge in [0.2, 0.25) is 12.7 Å². The molecule has 7 rings (SSSR count). The van der Waals surface area contributed by atoms with E-state index in [4.69, 9.17) is 14.2 Å². The number of benzene rings is 1. The Hall–Kier alpha value is -3.27. The molecule has 39 heavy (non-hydrogen) atoms. The quantitative estimate of drug-likeness (QED) is 0.348. The number of hydrogen-bond donors (Lipinski definition) is 2. The van der Waals surface area contributed by atoms with Gasteiger partial charge in [-0.05, 0) is 92.9 Å². The number of aromatic nitrogens is 1. The molecule has 0 spiro atoms. The highest BCUT2D eigenvalue weighted by atomic mass is 32.2. The summed E-state index contributed by atoms with van der Waals surface area (Å²) in [7, 11) is 0. The molecular formula is C29H33N3O6S. The topological polar surface area (TPSA) is 116 Å². The highest BCUT2D eigenvalue weighted by Crippen LogP contribution is 2.61. The Balaban J connectivity index is 0.996. The number of carbonyl (C=O) groups is 3. The average Bonchev–Trinajstić information content (AvgIpc) is 3.38. The Labute approximate surface area is 231 Å². The number of pyridine rings is 1. The molecular weight excluding hydrogens is 518 g/mol. The fourth-order valence-electron chi connectivity index (χ4n) is 7.32. The number of carbonyl (C=O) groups excluding carboxylic acids is 3. The van der Waals surface area contributed by atoms with Crippen LogP contribution in [0, 0.1) is 23.2 Å². The third-order valence-electron chi connectivity index (χ3n) is 8.70. The van der Waals surface area contributed by atoms with Crippen LogP contribution in [0.2, 0.25) is 0 Å². The van der Waals surface area contributed by atoms with Crippen molar-refractivity contribution in [2.75, 3.05) is 24.5 Å². The van der Waals surface area contributed by atoms with Gasteiger partial charge in [-0.3, -0.25) is 9.59 Å². The molecule has 2 amide bonds. The normalized spacial score (nSPS) is 26.6. The molecule has 4 fully saturated rings. The second kappa shape index (κ2) is 10.7. The summed E-state index contributed by atoms with van der Waals surface area (Å²) in [5, 5.41) is 6.30. The van der Waals surface area contributed by atoms with Crippen LogP contribution in [-0.2, 0) is 14.3 Å². The van der Waals surface area contributed by atoms with Crippen molar-refractivity contribution in [3.8, 4) is 11.5 Å². The van der Waals surface area contributed by atoms with Gasteiger partial charge in [0.15, 0.2) is 18.1 Å². The van der Waals surface area contributed by atoms with Crippen molar-refractivity contribution in [3.05, 3.63) is 42.1 Å². The minimum Gasteiger partial charge on any atom is -0.454 e. The zero-order valence-electron chi connectivity index (χ0n) is 21.9. The smallest absolute Gasteiger partial charge is 0.341 e. The van der Waals surface area contributed by atoms with Crippen LogP contribution in [0.1, 0.15) is 55.8 Å². The van der Waals surface area contributed by atoms with Crippen molar-refractivity contribution in [1.29, 1.82) is 0 Å². The number of nitrogens with zero attached hydrogens (tertiary/aromatic N) is 1. The van der Waals surface area contributed by atoms with Gasteiger partial charge < -0.3 is 24.8 Å². The van der Waals surface area contributed by atoms with Crippen LogP contribution in [0.4, 0.5) is 5.69 Å². The number of thioether (sulfide) groups is 1. The van der Waals surface area contributed by atoms with Crippen LogP contribution in [0.15, 0.2) is 41.6 Å². The Morgan fingerprint density at radius 3 is 2.51 bits per heavy atom. The summed E-state index contributed by atoms with van der Waals surface area (Å²) in [6.45, 7) is 1.92. The van der Waals surface area contributed by atoms with Crippen molar-refractivity contribution in [2.24, 2.45) is 23.2 Å². The number of fused-ring (bicyclic) bond motifs is 1. The van der Waals surface area contributed by atoms with Crippen molar-refractivity contribution in [1.82, 2.24) is 10.3 Å². The van der Waals surface area contributed by atoms with Crippen LogP contribution >= 0.6 is 11.8 Å². The molecule has 2 heterocycles. The SMILES string of the molecule is C[C@@H](NC(=O)COC(=O)c1cccnc1SCC(=O)Nc1ccc2c(c1)OCO2)C12CC3CC(CC(C3)C1)C2. The lowest BCUT2D eigenvalue weighted by Crippen LogP contribution is -2.56. The lowest BCUT2D eigenvalue weighted by Gasteiger charge is -2.59. The largest absolute Gasteiger partial charge is 0.454 e. The average molecular weight is 552 g/mol. The molecule has 4 aliphatic carbocycles. The van der Waals surface area contributed by atoms with Crippen LogP contribution in [0.3, 0.4) is 0 Å². The zero-order valence-corrected chi connectivity index (χ0v) is 22.8. The minimum absolute atomic E-state index is 0.0365. The molecule has 1 aromatic carbocycles. The second-order valence-corrected chi connectivity index (χ2v) is 12.4. The monoisotopic (exact) mass is 551 g/mol. The molecule has 1 aliphatic heterocycles. The summed E-state index contributed by atoms with van der Waals surface area (Å²) in [6.07, 6.45) is 9.18. The summed E-state index contributed by atoms with van der Waals surface area (Å²) in [6, 6.07) is 8.44. The molecule has 4 bridgehead atoms. The van der Waals surface area contributed by atoms with E-state index in [1.54, 1.807) is 36.5 Å². The first kappa shape index (κ1) is 26.0. The molecule has 5 aliphatic rings. The maximum absolute atomic E-state index is 12.8. The van der Waals surface area contributed by atoms with Crippen molar-refractivity contribution >= 4 is 35.2 Å². The lowest BCUT2D eigenvalue weighted by molar-refractivity contribution is -0.128. The van der Waals surface area contributed by atoms with Gasteiger partial charge in [0.25, 0.3) is 5.91 Å². The summed E-state index contributed by atoms with van der Waals surface area (Å²) < 4.78 is 16.0. The van der Waals surface area contributed by atoms with Gasteiger partial charge in [-0.1, -0.05) is 11.8 Å². The Morgan fingerprint density at radius 2 is 1.77 bits per heavy atom. The summed E-state index contributed by atoms with van der Waals surface area (Å²) >= 11 is 1.12. The van der Waals surface area contributed by atoms with Gasteiger partial charge in [-0.2, -0.15) is 0 Å².